The van der Waals surface area contributed by atoms with Crippen molar-refractivity contribution in [2.24, 2.45) is 11.8 Å². The Balaban J connectivity index is 1.20. The van der Waals surface area contributed by atoms with E-state index < -0.39 is 0 Å². The molecule has 0 saturated carbocycles. The molecule has 152 valence electrons. The minimum atomic E-state index is -0.0214. The predicted molar refractivity (Wildman–Crippen MR) is 110 cm³/mol. The number of aromatic amines is 1. The van der Waals surface area contributed by atoms with Crippen LogP contribution in [0.4, 0.5) is 0 Å². The van der Waals surface area contributed by atoms with Gasteiger partial charge in [0.25, 0.3) is 5.91 Å². The van der Waals surface area contributed by atoms with Crippen molar-refractivity contribution >= 4 is 28.9 Å². The Hall–Kier alpha value is -3.68. The lowest BCUT2D eigenvalue weighted by atomic mass is 10.0. The molecule has 2 fully saturated rings. The van der Waals surface area contributed by atoms with Crippen molar-refractivity contribution < 1.29 is 14.7 Å². The van der Waals surface area contributed by atoms with E-state index >= 15 is 0 Å². The zero-order valence-corrected chi connectivity index (χ0v) is 16.2. The van der Waals surface area contributed by atoms with E-state index in [9.17, 15) is 14.7 Å². The van der Waals surface area contributed by atoms with Crippen LogP contribution in [-0.4, -0.2) is 68.3 Å². The summed E-state index contributed by atoms with van der Waals surface area (Å²) in [4.78, 5) is 29.2. The number of likely N-dealkylation sites (tertiary alicyclic amines) is 2. The zero-order chi connectivity index (χ0) is 20.7. The maximum atomic E-state index is 12.9. The van der Waals surface area contributed by atoms with Crippen LogP contribution < -0.4 is 0 Å². The standard InChI is InChI=1S/C22H21N5O3/c28-18-5-1-14(2-6-18)3-8-21(29)26-10-16-12-27(13-17(16)11-26)22(30)15-4-7-19-20(9-15)24-25-23-19/h1-9,16-17,28H,10-13H2,(H,23,24,25)/b8-3+. The van der Waals surface area contributed by atoms with Gasteiger partial charge in [-0.15, -0.1) is 0 Å². The summed E-state index contributed by atoms with van der Waals surface area (Å²) in [5.74, 6) is 0.781. The molecule has 2 aliphatic heterocycles. The number of benzene rings is 2. The summed E-state index contributed by atoms with van der Waals surface area (Å²) in [6.07, 6.45) is 3.33. The molecule has 8 heteroatoms. The molecule has 0 radical (unpaired) electrons. The fourth-order valence-electron chi connectivity index (χ4n) is 4.35. The highest BCUT2D eigenvalue weighted by molar-refractivity contribution is 5.97. The van der Waals surface area contributed by atoms with Crippen LogP contribution in [0, 0.1) is 11.8 Å². The number of amides is 2. The van der Waals surface area contributed by atoms with E-state index in [4.69, 9.17) is 0 Å². The summed E-state index contributed by atoms with van der Waals surface area (Å²) in [7, 11) is 0. The average molecular weight is 403 g/mol. The Labute approximate surface area is 172 Å². The second-order valence-corrected chi connectivity index (χ2v) is 7.93. The fourth-order valence-corrected chi connectivity index (χ4v) is 4.35. The van der Waals surface area contributed by atoms with E-state index in [1.807, 2.05) is 9.80 Å². The molecule has 3 aromatic rings. The van der Waals surface area contributed by atoms with Crippen molar-refractivity contribution in [3.63, 3.8) is 0 Å². The minimum Gasteiger partial charge on any atom is -0.508 e. The SMILES string of the molecule is O=C(/C=C/c1ccc(O)cc1)N1CC2CN(C(=O)c3ccc4n[nH]nc4c3)CC2C1. The third-order valence-electron chi connectivity index (χ3n) is 5.96. The van der Waals surface area contributed by atoms with Crippen molar-refractivity contribution in [2.45, 2.75) is 0 Å². The average Bonchev–Trinajstić information content (AvgIpc) is 3.46. The molecular formula is C22H21N5O3. The molecule has 2 saturated heterocycles. The highest BCUT2D eigenvalue weighted by atomic mass is 16.3. The van der Waals surface area contributed by atoms with Crippen LogP contribution in [0.1, 0.15) is 15.9 Å². The van der Waals surface area contributed by atoms with Gasteiger partial charge in [0.2, 0.25) is 5.91 Å². The normalized spacial score (nSPS) is 20.9. The highest BCUT2D eigenvalue weighted by Crippen LogP contribution is 2.32. The Bertz CT molecular complexity index is 1120. The van der Waals surface area contributed by atoms with Crippen LogP contribution in [0.3, 0.4) is 0 Å². The number of phenols is 1. The summed E-state index contributed by atoms with van der Waals surface area (Å²) >= 11 is 0. The number of nitrogens with one attached hydrogen (secondary N) is 1. The molecule has 2 N–H and O–H groups in total. The summed E-state index contributed by atoms with van der Waals surface area (Å²) in [6.45, 7) is 2.64. The Morgan fingerprint density at radius 1 is 0.933 bits per heavy atom. The van der Waals surface area contributed by atoms with Gasteiger partial charge in [-0.3, -0.25) is 9.59 Å². The number of carbonyl (C=O) groups is 2. The molecule has 8 nitrogen and oxygen atoms in total. The second kappa shape index (κ2) is 7.29. The third kappa shape index (κ3) is 3.41. The van der Waals surface area contributed by atoms with E-state index in [2.05, 4.69) is 15.4 Å². The van der Waals surface area contributed by atoms with Crippen LogP contribution in [0.5, 0.6) is 5.75 Å². The van der Waals surface area contributed by atoms with E-state index in [1.54, 1.807) is 54.6 Å². The van der Waals surface area contributed by atoms with Gasteiger partial charge < -0.3 is 14.9 Å². The van der Waals surface area contributed by atoms with E-state index in [0.29, 0.717) is 49.1 Å². The van der Waals surface area contributed by atoms with Gasteiger partial charge >= 0.3 is 0 Å². The maximum Gasteiger partial charge on any atom is 0.253 e. The quantitative estimate of drug-likeness (QED) is 0.651. The second-order valence-electron chi connectivity index (χ2n) is 7.93. The Morgan fingerprint density at radius 3 is 2.33 bits per heavy atom. The molecule has 0 bridgehead atoms. The molecule has 3 heterocycles. The molecule has 0 spiro atoms. The lowest BCUT2D eigenvalue weighted by Gasteiger charge is -2.21. The molecule has 5 rings (SSSR count). The molecule has 1 aromatic heterocycles. The minimum absolute atomic E-state index is 0.000553. The number of hydrogen-bond acceptors (Lipinski definition) is 5. The molecule has 0 aliphatic carbocycles. The van der Waals surface area contributed by atoms with Gasteiger partial charge in [0, 0.05) is 49.7 Å². The first kappa shape index (κ1) is 18.4. The predicted octanol–water partition coefficient (Wildman–Crippen LogP) is 1.91. The van der Waals surface area contributed by atoms with E-state index in [0.717, 1.165) is 11.1 Å². The van der Waals surface area contributed by atoms with Crippen LogP contribution in [0.25, 0.3) is 17.1 Å². The first-order valence-corrected chi connectivity index (χ1v) is 9.92. The molecule has 2 atom stereocenters. The molecule has 2 unspecified atom stereocenters. The number of fused-ring (bicyclic) bond motifs is 2. The van der Waals surface area contributed by atoms with Gasteiger partial charge in [-0.2, -0.15) is 15.4 Å². The largest absolute Gasteiger partial charge is 0.508 e. The van der Waals surface area contributed by atoms with Gasteiger partial charge in [0.1, 0.15) is 16.8 Å². The fraction of sp³-hybridized carbons (Fsp3) is 0.273. The molecule has 30 heavy (non-hydrogen) atoms. The summed E-state index contributed by atoms with van der Waals surface area (Å²) < 4.78 is 0. The molecular weight excluding hydrogens is 382 g/mol. The number of H-pyrrole nitrogens is 1. The van der Waals surface area contributed by atoms with Crippen LogP contribution in [0.15, 0.2) is 48.5 Å². The number of aromatic hydroxyl groups is 1. The summed E-state index contributed by atoms with van der Waals surface area (Å²) in [5, 5.41) is 20.0. The summed E-state index contributed by atoms with van der Waals surface area (Å²) in [5.41, 5.74) is 2.89. The number of nitrogens with zero attached hydrogens (tertiary/aromatic N) is 4. The van der Waals surface area contributed by atoms with Crippen molar-refractivity contribution in [3.8, 4) is 5.75 Å². The maximum absolute atomic E-state index is 12.9. The number of hydrogen-bond donors (Lipinski definition) is 2. The monoisotopic (exact) mass is 403 g/mol. The van der Waals surface area contributed by atoms with Crippen molar-refractivity contribution in [2.75, 3.05) is 26.2 Å². The number of rotatable bonds is 3. The lowest BCUT2D eigenvalue weighted by molar-refractivity contribution is -0.125. The molecule has 2 amide bonds. The number of aromatic nitrogens is 3. The van der Waals surface area contributed by atoms with Gasteiger partial charge in [-0.05, 0) is 42.0 Å². The lowest BCUT2D eigenvalue weighted by Crippen LogP contribution is -2.35. The first-order valence-electron chi connectivity index (χ1n) is 9.92. The van der Waals surface area contributed by atoms with Gasteiger partial charge in [-0.1, -0.05) is 12.1 Å². The van der Waals surface area contributed by atoms with Crippen LogP contribution in [-0.2, 0) is 4.79 Å². The summed E-state index contributed by atoms with van der Waals surface area (Å²) in [6, 6.07) is 12.1. The topological polar surface area (TPSA) is 102 Å². The molecule has 2 aromatic carbocycles. The van der Waals surface area contributed by atoms with E-state index in [1.165, 1.54) is 0 Å². The van der Waals surface area contributed by atoms with Crippen molar-refractivity contribution in [1.29, 1.82) is 0 Å². The first-order chi connectivity index (χ1) is 14.6. The van der Waals surface area contributed by atoms with Crippen LogP contribution in [0.2, 0.25) is 0 Å². The third-order valence-corrected chi connectivity index (χ3v) is 5.96. The zero-order valence-electron chi connectivity index (χ0n) is 16.2. The Kier molecular flexibility index (Phi) is 4.46. The highest BCUT2D eigenvalue weighted by Gasteiger charge is 2.42. The van der Waals surface area contributed by atoms with Crippen LogP contribution >= 0.6 is 0 Å². The Morgan fingerprint density at radius 2 is 1.60 bits per heavy atom. The number of phenolic OH excluding ortho intramolecular Hbond substituents is 1. The molecule has 2 aliphatic rings. The van der Waals surface area contributed by atoms with Gasteiger partial charge in [-0.25, -0.2) is 0 Å². The van der Waals surface area contributed by atoms with E-state index in [-0.39, 0.29) is 17.6 Å². The van der Waals surface area contributed by atoms with Gasteiger partial charge in [0.15, 0.2) is 0 Å². The number of carbonyl (C=O) groups excluding carboxylic acids is 2. The van der Waals surface area contributed by atoms with Crippen molar-refractivity contribution in [3.05, 3.63) is 59.7 Å². The van der Waals surface area contributed by atoms with Gasteiger partial charge in [0.05, 0.1) is 0 Å². The van der Waals surface area contributed by atoms with Crippen molar-refractivity contribution in [1.82, 2.24) is 25.2 Å². The smallest absolute Gasteiger partial charge is 0.253 e.